The van der Waals surface area contributed by atoms with Gasteiger partial charge in [0.05, 0.1) is 12.4 Å². The van der Waals surface area contributed by atoms with E-state index in [1.807, 2.05) is 30.8 Å². The zero-order valence-electron chi connectivity index (χ0n) is 9.56. The van der Waals surface area contributed by atoms with Crippen LogP contribution in [0.1, 0.15) is 12.7 Å². The average Bonchev–Trinajstić information content (AvgIpc) is 2.63. The molecule has 0 saturated heterocycles. The summed E-state index contributed by atoms with van der Waals surface area (Å²) in [4.78, 5) is 6.39. The summed E-state index contributed by atoms with van der Waals surface area (Å²) in [5.41, 5.74) is 0. The van der Waals surface area contributed by atoms with Gasteiger partial charge >= 0.3 is 0 Å². The second kappa shape index (κ2) is 6.30. The molecule has 86 valence electrons. The van der Waals surface area contributed by atoms with Gasteiger partial charge in [-0.15, -0.1) is 11.8 Å². The Hall–Kier alpha value is -0.330. The molecule has 0 aliphatic heterocycles. The maximum atomic E-state index is 5.07. The van der Waals surface area contributed by atoms with E-state index in [0.717, 1.165) is 23.3 Å². The lowest BCUT2D eigenvalue weighted by Gasteiger charge is -2.07. The summed E-state index contributed by atoms with van der Waals surface area (Å²) in [6, 6.07) is 0. The Labute approximate surface area is 99.2 Å². The Morgan fingerprint density at radius 2 is 2.27 bits per heavy atom. The molecule has 1 aromatic heterocycles. The Balaban J connectivity index is 2.37. The third-order valence-corrected chi connectivity index (χ3v) is 3.79. The molecule has 0 radical (unpaired) electrons. The number of thioether (sulfide) groups is 1. The van der Waals surface area contributed by atoms with E-state index in [1.165, 1.54) is 11.5 Å². The molecule has 0 spiro atoms. The second-order valence-corrected chi connectivity index (χ2v) is 5.62. The van der Waals surface area contributed by atoms with Crippen molar-refractivity contribution in [1.82, 2.24) is 9.36 Å². The molecule has 1 atom stereocenters. The van der Waals surface area contributed by atoms with Gasteiger partial charge in [-0.1, -0.05) is 6.92 Å². The van der Waals surface area contributed by atoms with Gasteiger partial charge in [-0.05, 0) is 0 Å². The normalized spacial score (nSPS) is 12.8. The highest BCUT2D eigenvalue weighted by molar-refractivity contribution is 7.99. The summed E-state index contributed by atoms with van der Waals surface area (Å²) in [5.74, 6) is 1.77. The Morgan fingerprint density at radius 3 is 2.80 bits per heavy atom. The fourth-order valence-corrected chi connectivity index (χ4v) is 2.46. The van der Waals surface area contributed by atoms with Crippen molar-refractivity contribution in [3.63, 3.8) is 0 Å². The molecular weight excluding hydrogens is 230 g/mol. The summed E-state index contributed by atoms with van der Waals surface area (Å²) in [6.07, 6.45) is 0. The molecule has 4 nitrogen and oxygen atoms in total. The van der Waals surface area contributed by atoms with Crippen LogP contribution in [-0.4, -0.2) is 42.4 Å². The van der Waals surface area contributed by atoms with E-state index in [9.17, 15) is 0 Å². The van der Waals surface area contributed by atoms with Crippen molar-refractivity contribution in [1.29, 1.82) is 0 Å². The number of methoxy groups -OCH3 is 1. The molecule has 0 saturated carbocycles. The molecule has 0 fully saturated rings. The number of anilines is 1. The van der Waals surface area contributed by atoms with Crippen molar-refractivity contribution >= 4 is 28.4 Å². The maximum Gasteiger partial charge on any atom is 0.204 e. The van der Waals surface area contributed by atoms with Crippen molar-refractivity contribution in [2.75, 3.05) is 32.7 Å². The molecule has 0 unspecified atom stereocenters. The molecule has 0 amide bonds. The molecule has 1 heterocycles. The van der Waals surface area contributed by atoms with Crippen molar-refractivity contribution in [3.05, 3.63) is 5.82 Å². The minimum absolute atomic E-state index is 0.487. The molecule has 1 rings (SSSR count). The van der Waals surface area contributed by atoms with Crippen LogP contribution in [0.25, 0.3) is 0 Å². The predicted molar refractivity (Wildman–Crippen MR) is 66.9 cm³/mol. The lowest BCUT2D eigenvalue weighted by Crippen LogP contribution is -2.08. The number of hydrogen-bond acceptors (Lipinski definition) is 6. The Morgan fingerprint density at radius 1 is 1.53 bits per heavy atom. The molecule has 0 aromatic carbocycles. The maximum absolute atomic E-state index is 5.07. The van der Waals surface area contributed by atoms with Crippen LogP contribution in [-0.2, 0) is 10.5 Å². The number of hydrogen-bond donors (Lipinski definition) is 0. The first kappa shape index (κ1) is 12.7. The van der Waals surface area contributed by atoms with Crippen molar-refractivity contribution in [3.8, 4) is 0 Å². The van der Waals surface area contributed by atoms with Crippen LogP contribution in [0, 0.1) is 0 Å². The van der Waals surface area contributed by atoms with Gasteiger partial charge in [0.1, 0.15) is 0 Å². The molecule has 0 N–H and O–H groups in total. The molecule has 1 aromatic rings. The summed E-state index contributed by atoms with van der Waals surface area (Å²) in [7, 11) is 5.68. The minimum atomic E-state index is 0.487. The topological polar surface area (TPSA) is 38.2 Å². The fraction of sp³-hybridized carbons (Fsp3) is 0.778. The van der Waals surface area contributed by atoms with E-state index in [1.54, 1.807) is 7.11 Å². The second-order valence-electron chi connectivity index (χ2n) is 3.46. The first-order valence-electron chi connectivity index (χ1n) is 4.74. The Kier molecular flexibility index (Phi) is 5.35. The molecular formula is C9H17N3OS2. The van der Waals surface area contributed by atoms with Crippen LogP contribution in [0.4, 0.5) is 5.13 Å². The first-order chi connectivity index (χ1) is 7.13. The van der Waals surface area contributed by atoms with Gasteiger partial charge in [-0.3, -0.25) is 0 Å². The van der Waals surface area contributed by atoms with E-state index in [4.69, 9.17) is 4.74 Å². The zero-order chi connectivity index (χ0) is 11.3. The molecule has 0 bridgehead atoms. The van der Waals surface area contributed by atoms with Crippen molar-refractivity contribution in [2.45, 2.75) is 17.9 Å². The molecule has 15 heavy (non-hydrogen) atoms. The lowest BCUT2D eigenvalue weighted by atomic mass is 10.5. The van der Waals surface area contributed by atoms with Crippen LogP contribution in [0.3, 0.4) is 0 Å². The number of nitrogens with zero attached hydrogens (tertiary/aromatic N) is 3. The third-order valence-electron chi connectivity index (χ3n) is 1.74. The van der Waals surface area contributed by atoms with E-state index in [-0.39, 0.29) is 0 Å². The highest BCUT2D eigenvalue weighted by Crippen LogP contribution is 2.20. The lowest BCUT2D eigenvalue weighted by molar-refractivity contribution is 0.203. The zero-order valence-corrected chi connectivity index (χ0v) is 11.2. The summed E-state index contributed by atoms with van der Waals surface area (Å²) >= 11 is 3.26. The summed E-state index contributed by atoms with van der Waals surface area (Å²) in [5, 5.41) is 1.45. The van der Waals surface area contributed by atoms with Crippen LogP contribution in [0.2, 0.25) is 0 Å². The SMILES string of the molecule is COC[C@@H](C)SCc1nsc(N(C)C)n1. The van der Waals surface area contributed by atoms with E-state index in [0.29, 0.717) is 5.25 Å². The fourth-order valence-electron chi connectivity index (χ4n) is 0.985. The van der Waals surface area contributed by atoms with Gasteiger partial charge < -0.3 is 9.64 Å². The highest BCUT2D eigenvalue weighted by Gasteiger charge is 2.08. The van der Waals surface area contributed by atoms with Crippen molar-refractivity contribution in [2.24, 2.45) is 0 Å². The largest absolute Gasteiger partial charge is 0.384 e. The quantitative estimate of drug-likeness (QED) is 0.767. The van der Waals surface area contributed by atoms with Gasteiger partial charge in [0, 0.05) is 38.0 Å². The highest BCUT2D eigenvalue weighted by atomic mass is 32.2. The first-order valence-corrected chi connectivity index (χ1v) is 6.56. The van der Waals surface area contributed by atoms with E-state index < -0.39 is 0 Å². The van der Waals surface area contributed by atoms with Crippen LogP contribution >= 0.6 is 23.3 Å². The number of rotatable bonds is 6. The van der Waals surface area contributed by atoms with Gasteiger partial charge in [0.2, 0.25) is 5.13 Å². The van der Waals surface area contributed by atoms with Gasteiger partial charge in [-0.2, -0.15) is 4.37 Å². The molecule has 0 aliphatic carbocycles. The summed E-state index contributed by atoms with van der Waals surface area (Å²) < 4.78 is 9.36. The monoisotopic (exact) mass is 247 g/mol. The standard InChI is InChI=1S/C9H17N3OS2/c1-7(5-13-4)14-6-8-10-9(12(2)3)15-11-8/h7H,5-6H2,1-4H3/t7-/m1/s1. The van der Waals surface area contributed by atoms with E-state index in [2.05, 4.69) is 16.3 Å². The number of ether oxygens (including phenoxy) is 1. The van der Waals surface area contributed by atoms with Crippen molar-refractivity contribution < 1.29 is 4.74 Å². The summed E-state index contributed by atoms with van der Waals surface area (Å²) in [6.45, 7) is 2.92. The predicted octanol–water partition coefficient (Wildman–Crippen LogP) is 1.87. The minimum Gasteiger partial charge on any atom is -0.384 e. The molecule has 6 heteroatoms. The van der Waals surface area contributed by atoms with Gasteiger partial charge in [-0.25, -0.2) is 4.98 Å². The Bertz CT molecular complexity index is 291. The van der Waals surface area contributed by atoms with Crippen LogP contribution in [0.15, 0.2) is 0 Å². The average molecular weight is 247 g/mol. The molecule has 0 aliphatic rings. The number of aromatic nitrogens is 2. The van der Waals surface area contributed by atoms with Crippen LogP contribution < -0.4 is 4.90 Å². The van der Waals surface area contributed by atoms with Gasteiger partial charge in [0.15, 0.2) is 5.82 Å². The van der Waals surface area contributed by atoms with E-state index >= 15 is 0 Å². The van der Waals surface area contributed by atoms with Gasteiger partial charge in [0.25, 0.3) is 0 Å². The third kappa shape index (κ3) is 4.36. The smallest absolute Gasteiger partial charge is 0.204 e. The van der Waals surface area contributed by atoms with Crippen LogP contribution in [0.5, 0.6) is 0 Å².